The molecule has 0 rings (SSSR count). The van der Waals surface area contributed by atoms with Crippen LogP contribution in [0.15, 0.2) is 11.5 Å². The van der Waals surface area contributed by atoms with Gasteiger partial charge in [0.2, 0.25) is 0 Å². The molecule has 2 N–H and O–H groups in total. The van der Waals surface area contributed by atoms with Gasteiger partial charge in [0.1, 0.15) is 0 Å². The first-order chi connectivity index (χ1) is 4.72. The van der Waals surface area contributed by atoms with Crippen LogP contribution in [0.4, 0.5) is 0 Å². The van der Waals surface area contributed by atoms with Crippen LogP contribution in [-0.2, 0) is 0 Å². The van der Waals surface area contributed by atoms with Crippen molar-refractivity contribution >= 4 is 23.5 Å². The maximum Gasteiger partial charge on any atom is 0.0356 e. The number of rotatable bonds is 5. The number of nitrogens with two attached hydrogens (primary N) is 1. The fraction of sp³-hybridized carbons (Fsp3) is 0.714. The van der Waals surface area contributed by atoms with Crippen LogP contribution < -0.4 is 5.73 Å². The van der Waals surface area contributed by atoms with Gasteiger partial charge in [0, 0.05) is 6.04 Å². The summed E-state index contributed by atoms with van der Waals surface area (Å²) in [7, 11) is 0. The molecule has 60 valence electrons. The van der Waals surface area contributed by atoms with Crippen molar-refractivity contribution in [1.29, 1.82) is 0 Å². The zero-order valence-corrected chi connectivity index (χ0v) is 8.23. The molecule has 10 heavy (non-hydrogen) atoms. The third kappa shape index (κ3) is 4.25. The molecule has 0 aromatic carbocycles. The van der Waals surface area contributed by atoms with Gasteiger partial charge in [-0.15, -0.1) is 11.8 Å². The van der Waals surface area contributed by atoms with E-state index in [1.807, 2.05) is 18.0 Å². The maximum atomic E-state index is 5.78. The Bertz CT molecular complexity index is 104. The van der Waals surface area contributed by atoms with Crippen LogP contribution in [0.5, 0.6) is 0 Å². The van der Waals surface area contributed by atoms with Crippen molar-refractivity contribution in [3.63, 3.8) is 0 Å². The third-order valence-electron chi connectivity index (χ3n) is 1.31. The molecule has 0 unspecified atom stereocenters. The third-order valence-corrected chi connectivity index (χ3v) is 2.78. The first kappa shape index (κ1) is 10.4. The lowest BCUT2D eigenvalue weighted by molar-refractivity contribution is 0.783. The van der Waals surface area contributed by atoms with E-state index in [1.165, 1.54) is 0 Å². The van der Waals surface area contributed by atoms with Crippen molar-refractivity contribution in [2.75, 3.05) is 18.3 Å². The molecule has 0 saturated heterocycles. The molecular weight excluding hydrogens is 162 g/mol. The van der Waals surface area contributed by atoms with Gasteiger partial charge in [-0.05, 0) is 29.6 Å². The number of hydrogen-bond acceptors (Lipinski definition) is 3. The highest BCUT2D eigenvalue weighted by molar-refractivity contribution is 8.02. The standard InChI is InChI=1S/C7H15NS2/c1-6(10-3)7(8)4-5-9-2/h7H,1,4-5,8H2,2-3H3/t7-/m0/s1. The van der Waals surface area contributed by atoms with Gasteiger partial charge < -0.3 is 5.73 Å². The summed E-state index contributed by atoms with van der Waals surface area (Å²) in [6, 6.07) is 0.183. The van der Waals surface area contributed by atoms with Crippen LogP contribution in [-0.4, -0.2) is 24.3 Å². The van der Waals surface area contributed by atoms with Gasteiger partial charge in [-0.2, -0.15) is 11.8 Å². The molecule has 0 heterocycles. The van der Waals surface area contributed by atoms with E-state index < -0.39 is 0 Å². The predicted octanol–water partition coefficient (Wildman–Crippen LogP) is 1.94. The summed E-state index contributed by atoms with van der Waals surface area (Å²) < 4.78 is 0. The number of thioether (sulfide) groups is 2. The minimum atomic E-state index is 0.183. The van der Waals surface area contributed by atoms with E-state index in [1.54, 1.807) is 11.8 Å². The molecule has 0 aliphatic rings. The second-order valence-corrected chi connectivity index (χ2v) is 3.98. The quantitative estimate of drug-likeness (QED) is 0.695. The molecule has 0 amide bonds. The van der Waals surface area contributed by atoms with Crippen molar-refractivity contribution in [1.82, 2.24) is 0 Å². The number of hydrogen-bond donors (Lipinski definition) is 1. The highest BCUT2D eigenvalue weighted by atomic mass is 32.2. The van der Waals surface area contributed by atoms with Crippen LogP contribution in [0.25, 0.3) is 0 Å². The molecule has 0 aromatic rings. The molecule has 1 nitrogen and oxygen atoms in total. The first-order valence-electron chi connectivity index (χ1n) is 3.19. The highest BCUT2D eigenvalue weighted by Gasteiger charge is 2.03. The Hall–Kier alpha value is 0.400. The van der Waals surface area contributed by atoms with Gasteiger partial charge >= 0.3 is 0 Å². The minimum Gasteiger partial charge on any atom is -0.324 e. The lowest BCUT2D eigenvalue weighted by Crippen LogP contribution is -2.21. The SMILES string of the molecule is C=C(SC)[C@@H](N)CCSC. The summed E-state index contributed by atoms with van der Waals surface area (Å²) in [6.45, 7) is 3.85. The Morgan fingerprint density at radius 2 is 2.20 bits per heavy atom. The van der Waals surface area contributed by atoms with Crippen LogP contribution in [0.3, 0.4) is 0 Å². The average molecular weight is 177 g/mol. The zero-order chi connectivity index (χ0) is 7.98. The molecule has 0 aromatic heterocycles. The van der Waals surface area contributed by atoms with Gasteiger partial charge in [0.05, 0.1) is 0 Å². The Labute approximate surface area is 71.8 Å². The summed E-state index contributed by atoms with van der Waals surface area (Å²) in [5.41, 5.74) is 5.78. The molecule has 0 radical (unpaired) electrons. The molecule has 0 fully saturated rings. The van der Waals surface area contributed by atoms with E-state index in [0.717, 1.165) is 17.1 Å². The van der Waals surface area contributed by atoms with Crippen LogP contribution in [0.2, 0.25) is 0 Å². The minimum absolute atomic E-state index is 0.183. The molecule has 0 bridgehead atoms. The Kier molecular flexibility index (Phi) is 6.38. The van der Waals surface area contributed by atoms with Crippen molar-refractivity contribution in [3.8, 4) is 0 Å². The lowest BCUT2D eigenvalue weighted by Gasteiger charge is -2.10. The Balaban J connectivity index is 3.41. The van der Waals surface area contributed by atoms with Crippen molar-refractivity contribution < 1.29 is 0 Å². The average Bonchev–Trinajstić information content (AvgIpc) is 1.98. The fourth-order valence-corrected chi connectivity index (χ4v) is 1.47. The molecule has 0 aliphatic heterocycles. The van der Waals surface area contributed by atoms with Gasteiger partial charge in [-0.1, -0.05) is 6.58 Å². The predicted molar refractivity (Wildman–Crippen MR) is 53.6 cm³/mol. The van der Waals surface area contributed by atoms with Crippen LogP contribution in [0, 0.1) is 0 Å². The van der Waals surface area contributed by atoms with Gasteiger partial charge in [0.25, 0.3) is 0 Å². The molecule has 3 heteroatoms. The van der Waals surface area contributed by atoms with E-state index in [9.17, 15) is 0 Å². The first-order valence-corrected chi connectivity index (χ1v) is 5.81. The molecular formula is C7H15NS2. The lowest BCUT2D eigenvalue weighted by atomic mass is 10.2. The smallest absolute Gasteiger partial charge is 0.0356 e. The van der Waals surface area contributed by atoms with Gasteiger partial charge in [-0.3, -0.25) is 0 Å². The second-order valence-electron chi connectivity index (χ2n) is 2.06. The Morgan fingerprint density at radius 3 is 2.60 bits per heavy atom. The monoisotopic (exact) mass is 177 g/mol. The van der Waals surface area contributed by atoms with E-state index in [2.05, 4.69) is 12.8 Å². The largest absolute Gasteiger partial charge is 0.324 e. The van der Waals surface area contributed by atoms with Crippen molar-refractivity contribution in [2.24, 2.45) is 5.73 Å². The van der Waals surface area contributed by atoms with Crippen LogP contribution >= 0.6 is 23.5 Å². The van der Waals surface area contributed by atoms with E-state index in [0.29, 0.717) is 0 Å². The van der Waals surface area contributed by atoms with Crippen molar-refractivity contribution in [2.45, 2.75) is 12.5 Å². The summed E-state index contributed by atoms with van der Waals surface area (Å²) in [5.74, 6) is 1.13. The summed E-state index contributed by atoms with van der Waals surface area (Å²) in [4.78, 5) is 1.09. The molecule has 0 spiro atoms. The van der Waals surface area contributed by atoms with Gasteiger partial charge in [0.15, 0.2) is 0 Å². The van der Waals surface area contributed by atoms with E-state index >= 15 is 0 Å². The topological polar surface area (TPSA) is 26.0 Å². The normalized spacial score (nSPS) is 13.1. The summed E-state index contributed by atoms with van der Waals surface area (Å²) >= 11 is 3.48. The maximum absolute atomic E-state index is 5.78. The highest BCUT2D eigenvalue weighted by Crippen LogP contribution is 2.15. The molecule has 0 saturated carbocycles. The molecule has 1 atom stereocenters. The molecule has 0 aliphatic carbocycles. The van der Waals surface area contributed by atoms with E-state index in [4.69, 9.17) is 5.73 Å². The second kappa shape index (κ2) is 6.13. The fourth-order valence-electron chi connectivity index (χ4n) is 0.557. The van der Waals surface area contributed by atoms with E-state index in [-0.39, 0.29) is 6.04 Å². The zero-order valence-electron chi connectivity index (χ0n) is 6.59. The Morgan fingerprint density at radius 1 is 1.60 bits per heavy atom. The van der Waals surface area contributed by atoms with Gasteiger partial charge in [-0.25, -0.2) is 0 Å². The summed E-state index contributed by atoms with van der Waals surface area (Å²) in [5, 5.41) is 0. The van der Waals surface area contributed by atoms with Crippen LogP contribution in [0.1, 0.15) is 6.42 Å². The summed E-state index contributed by atoms with van der Waals surface area (Å²) in [6.07, 6.45) is 5.15. The van der Waals surface area contributed by atoms with Crippen molar-refractivity contribution in [3.05, 3.63) is 11.5 Å².